The molecule has 0 unspecified atom stereocenters. The largest absolute Gasteiger partial charge is 0.298 e. The second-order valence-electron chi connectivity index (χ2n) is 9.73. The molecule has 0 aromatic heterocycles. The van der Waals surface area contributed by atoms with E-state index < -0.39 is 5.41 Å². The number of rotatable bonds is 1. The topological polar surface area (TPSA) is 34.1 Å². The normalized spacial score (nSPS) is 47.3. The van der Waals surface area contributed by atoms with E-state index >= 15 is 0 Å². The molecule has 2 nitrogen and oxygen atoms in total. The highest BCUT2D eigenvalue weighted by Gasteiger charge is 2.65. The van der Waals surface area contributed by atoms with E-state index in [0.29, 0.717) is 24.2 Å². The summed E-state index contributed by atoms with van der Waals surface area (Å²) in [7, 11) is 0. The van der Waals surface area contributed by atoms with E-state index in [9.17, 15) is 9.59 Å². The van der Waals surface area contributed by atoms with Gasteiger partial charge in [-0.25, -0.2) is 0 Å². The molecule has 3 saturated carbocycles. The number of carbonyl (C=O) groups excluding carboxylic acids is 2. The molecule has 4 rings (SSSR count). The van der Waals surface area contributed by atoms with Crippen LogP contribution in [0, 0.1) is 46.3 Å². The van der Waals surface area contributed by atoms with Crippen molar-refractivity contribution in [3.63, 3.8) is 0 Å². The van der Waals surface area contributed by atoms with Crippen molar-refractivity contribution < 1.29 is 9.59 Å². The van der Waals surface area contributed by atoms with E-state index in [1.807, 2.05) is 6.08 Å². The third-order valence-corrected chi connectivity index (χ3v) is 8.97. The van der Waals surface area contributed by atoms with Crippen LogP contribution in [-0.4, -0.2) is 11.6 Å². The highest BCUT2D eigenvalue weighted by Crippen LogP contribution is 2.70. The summed E-state index contributed by atoms with van der Waals surface area (Å²) in [5, 5.41) is 0. The van der Waals surface area contributed by atoms with Gasteiger partial charge >= 0.3 is 0 Å². The lowest BCUT2D eigenvalue weighted by Gasteiger charge is -2.59. The Morgan fingerprint density at radius 1 is 1.23 bits per heavy atom. The van der Waals surface area contributed by atoms with E-state index in [4.69, 9.17) is 6.42 Å². The van der Waals surface area contributed by atoms with Crippen LogP contribution in [-0.2, 0) is 9.59 Å². The summed E-state index contributed by atoms with van der Waals surface area (Å²) in [6.07, 6.45) is 14.4. The SMILES string of the molecule is C#C[C@]1(C(C)=O)CC[C@H]2[C@@H]3CC(=C)C4=CC(=O)CC[C@]4(C)[C@H]3CC[C@@]21C. The van der Waals surface area contributed by atoms with Gasteiger partial charge < -0.3 is 0 Å². The van der Waals surface area contributed by atoms with Crippen LogP contribution in [0.4, 0.5) is 0 Å². The number of carbonyl (C=O) groups is 2. The van der Waals surface area contributed by atoms with Gasteiger partial charge in [-0.15, -0.1) is 6.42 Å². The highest BCUT2D eigenvalue weighted by atomic mass is 16.1. The molecule has 4 aliphatic carbocycles. The first kappa shape index (κ1) is 17.8. The fourth-order valence-corrected chi connectivity index (χ4v) is 7.52. The predicted molar refractivity (Wildman–Crippen MR) is 103 cm³/mol. The molecule has 0 saturated heterocycles. The Hall–Kier alpha value is -1.62. The molecule has 0 radical (unpaired) electrons. The van der Waals surface area contributed by atoms with Crippen LogP contribution >= 0.6 is 0 Å². The van der Waals surface area contributed by atoms with Crippen molar-refractivity contribution in [2.75, 3.05) is 0 Å². The van der Waals surface area contributed by atoms with Crippen LogP contribution in [0.1, 0.15) is 65.7 Å². The minimum atomic E-state index is -0.594. The van der Waals surface area contributed by atoms with Gasteiger partial charge in [0.1, 0.15) is 5.78 Å². The zero-order valence-electron chi connectivity index (χ0n) is 16.4. The molecule has 0 aromatic rings. The first-order valence-corrected chi connectivity index (χ1v) is 10.1. The molecule has 3 fully saturated rings. The third kappa shape index (κ3) is 1.95. The molecule has 0 spiro atoms. The molecular formula is C24H30O2. The zero-order chi connectivity index (χ0) is 18.9. The van der Waals surface area contributed by atoms with Crippen LogP contribution in [0.3, 0.4) is 0 Å². The summed E-state index contributed by atoms with van der Waals surface area (Å²) in [4.78, 5) is 24.6. The summed E-state index contributed by atoms with van der Waals surface area (Å²) in [6, 6.07) is 0. The third-order valence-electron chi connectivity index (χ3n) is 8.97. The average molecular weight is 351 g/mol. The molecule has 0 bridgehead atoms. The lowest BCUT2D eigenvalue weighted by Crippen LogP contribution is -2.54. The van der Waals surface area contributed by atoms with E-state index in [-0.39, 0.29) is 22.4 Å². The number of terminal acetylenes is 1. The van der Waals surface area contributed by atoms with Crippen LogP contribution in [0.25, 0.3) is 0 Å². The Kier molecular flexibility index (Phi) is 3.72. The number of allylic oxidation sites excluding steroid dienone is 2. The van der Waals surface area contributed by atoms with Crippen molar-refractivity contribution in [1.82, 2.24) is 0 Å². The number of fused-ring (bicyclic) bond motifs is 5. The molecule has 138 valence electrons. The summed E-state index contributed by atoms with van der Waals surface area (Å²) < 4.78 is 0. The molecule has 0 heterocycles. The van der Waals surface area contributed by atoms with E-state index in [1.165, 1.54) is 5.57 Å². The van der Waals surface area contributed by atoms with Crippen LogP contribution in [0.15, 0.2) is 23.8 Å². The van der Waals surface area contributed by atoms with E-state index in [0.717, 1.165) is 44.1 Å². The Balaban J connectivity index is 1.77. The Morgan fingerprint density at radius 3 is 2.58 bits per heavy atom. The van der Waals surface area contributed by atoms with Gasteiger partial charge in [-0.3, -0.25) is 9.59 Å². The lowest BCUT2D eigenvalue weighted by atomic mass is 9.44. The van der Waals surface area contributed by atoms with Crippen LogP contribution < -0.4 is 0 Å². The maximum absolute atomic E-state index is 12.6. The standard InChI is InChI=1S/C24H30O2/c1-6-24(16(3)25)12-9-20-18-13-15(2)21-14-17(26)7-10-22(21,4)19(18)8-11-23(20,24)5/h1,14,18-20H,2,7-13H2,3-5H3/t18-,19+,20+,22-,23+,24-/m1/s1. The average Bonchev–Trinajstić information content (AvgIpc) is 2.90. The number of hydrogen-bond donors (Lipinski definition) is 0. The van der Waals surface area contributed by atoms with Gasteiger partial charge in [-0.2, -0.15) is 0 Å². The maximum atomic E-state index is 12.6. The first-order valence-electron chi connectivity index (χ1n) is 10.1. The monoisotopic (exact) mass is 350 g/mol. The van der Waals surface area contributed by atoms with E-state index in [1.54, 1.807) is 6.92 Å². The summed E-state index contributed by atoms with van der Waals surface area (Å²) in [5.74, 6) is 4.98. The molecule has 4 aliphatic rings. The Bertz CT molecular complexity index is 781. The Morgan fingerprint density at radius 2 is 1.92 bits per heavy atom. The van der Waals surface area contributed by atoms with Crippen molar-refractivity contribution in [1.29, 1.82) is 0 Å². The molecule has 26 heavy (non-hydrogen) atoms. The minimum Gasteiger partial charge on any atom is -0.298 e. The van der Waals surface area contributed by atoms with Gasteiger partial charge in [0.2, 0.25) is 0 Å². The van der Waals surface area contributed by atoms with E-state index in [2.05, 4.69) is 26.3 Å². The fourth-order valence-electron chi connectivity index (χ4n) is 7.52. The molecule has 6 atom stereocenters. The summed E-state index contributed by atoms with van der Waals surface area (Å²) in [6.45, 7) is 10.7. The second kappa shape index (κ2) is 5.44. The van der Waals surface area contributed by atoms with Crippen LogP contribution in [0.2, 0.25) is 0 Å². The van der Waals surface area contributed by atoms with Crippen LogP contribution in [0.5, 0.6) is 0 Å². The molecule has 0 aromatic carbocycles. The minimum absolute atomic E-state index is 0.0624. The van der Waals surface area contributed by atoms with Crippen molar-refractivity contribution in [2.45, 2.75) is 65.7 Å². The van der Waals surface area contributed by atoms with Gasteiger partial charge in [-0.1, -0.05) is 31.9 Å². The smallest absolute Gasteiger partial charge is 0.156 e. The van der Waals surface area contributed by atoms with Gasteiger partial charge in [-0.05, 0) is 85.7 Å². The van der Waals surface area contributed by atoms with Crippen molar-refractivity contribution in [2.24, 2.45) is 34.0 Å². The maximum Gasteiger partial charge on any atom is 0.156 e. The number of ketones is 2. The predicted octanol–water partition coefficient (Wildman–Crippen LogP) is 4.89. The summed E-state index contributed by atoms with van der Waals surface area (Å²) >= 11 is 0. The lowest BCUT2D eigenvalue weighted by molar-refractivity contribution is -0.134. The Labute approximate surface area is 157 Å². The van der Waals surface area contributed by atoms with Gasteiger partial charge in [0.05, 0.1) is 5.41 Å². The first-order chi connectivity index (χ1) is 12.2. The zero-order valence-corrected chi connectivity index (χ0v) is 16.4. The number of hydrogen-bond acceptors (Lipinski definition) is 2. The van der Waals surface area contributed by atoms with Crippen molar-refractivity contribution in [3.8, 4) is 12.3 Å². The van der Waals surface area contributed by atoms with Crippen molar-refractivity contribution >= 4 is 11.6 Å². The number of Topliss-reactive ketones (excluding diaryl/α,β-unsaturated/α-hetero) is 1. The van der Waals surface area contributed by atoms with Gasteiger partial charge in [0, 0.05) is 6.42 Å². The highest BCUT2D eigenvalue weighted by molar-refractivity contribution is 5.92. The van der Waals surface area contributed by atoms with Gasteiger partial charge in [0.15, 0.2) is 5.78 Å². The van der Waals surface area contributed by atoms with Crippen molar-refractivity contribution in [3.05, 3.63) is 23.8 Å². The fraction of sp³-hybridized carbons (Fsp3) is 0.667. The molecule has 0 aliphatic heterocycles. The molecular weight excluding hydrogens is 320 g/mol. The summed E-state index contributed by atoms with van der Waals surface area (Å²) in [5.41, 5.74) is 1.73. The molecule has 0 amide bonds. The van der Waals surface area contributed by atoms with Gasteiger partial charge in [0.25, 0.3) is 0 Å². The second-order valence-corrected chi connectivity index (χ2v) is 9.73. The molecule has 2 heteroatoms. The molecule has 0 N–H and O–H groups in total. The quantitative estimate of drug-likeness (QED) is 0.631.